The Morgan fingerprint density at radius 3 is 2.10 bits per heavy atom. The molecular weight excluding hydrogens is 704 g/mol. The molecule has 1 amide bonds. The van der Waals surface area contributed by atoms with E-state index in [2.05, 4.69) is 10.4 Å². The number of halogens is 8. The molecule has 8 nitrogen and oxygen atoms in total. The lowest BCUT2D eigenvalue weighted by molar-refractivity contribution is -0.140. The molecule has 1 unspecified atom stereocenters. The van der Waals surface area contributed by atoms with Crippen molar-refractivity contribution < 1.29 is 49.8 Å². The van der Waals surface area contributed by atoms with Crippen LogP contribution < -0.4 is 10.9 Å². The summed E-state index contributed by atoms with van der Waals surface area (Å²) < 4.78 is 115. The Morgan fingerprint density at radius 1 is 1.00 bits per heavy atom. The van der Waals surface area contributed by atoms with E-state index >= 15 is 4.39 Å². The van der Waals surface area contributed by atoms with Gasteiger partial charge in [-0.2, -0.15) is 31.4 Å². The molecule has 284 valence electrons. The molecule has 1 saturated heterocycles. The van der Waals surface area contributed by atoms with Crippen molar-refractivity contribution in [1.82, 2.24) is 20.0 Å². The van der Waals surface area contributed by atoms with Crippen LogP contribution in [0.2, 0.25) is 0 Å². The third-order valence-electron chi connectivity index (χ3n) is 9.03. The van der Waals surface area contributed by atoms with E-state index in [4.69, 9.17) is 0 Å². The summed E-state index contributed by atoms with van der Waals surface area (Å²) in [5.74, 6) is -5.11. The summed E-state index contributed by atoms with van der Waals surface area (Å²) in [4.78, 5) is 41.0. The Kier molecular flexibility index (Phi) is 12.4. The monoisotopic (exact) mass is 744 g/mol. The van der Waals surface area contributed by atoms with Gasteiger partial charge in [-0.3, -0.25) is 14.5 Å². The van der Waals surface area contributed by atoms with Crippen LogP contribution in [0.4, 0.5) is 35.1 Å². The number of aliphatic hydroxyl groups excluding tert-OH is 1. The van der Waals surface area contributed by atoms with E-state index in [-0.39, 0.29) is 50.4 Å². The van der Waals surface area contributed by atoms with Gasteiger partial charge in [-0.1, -0.05) is 31.5 Å². The summed E-state index contributed by atoms with van der Waals surface area (Å²) in [6.07, 6.45) is -11.8. The van der Waals surface area contributed by atoms with Gasteiger partial charge in [0.25, 0.3) is 5.56 Å². The Labute approximate surface area is 294 Å². The van der Waals surface area contributed by atoms with E-state index in [9.17, 15) is 50.2 Å². The number of carbonyl (C=O) groups is 2. The Bertz CT molecular complexity index is 1830. The van der Waals surface area contributed by atoms with Crippen LogP contribution in [0.1, 0.15) is 71.4 Å². The average Bonchev–Trinajstić information content (AvgIpc) is 3.01. The van der Waals surface area contributed by atoms with Crippen LogP contribution in [-0.4, -0.2) is 64.4 Å². The molecule has 1 aliphatic heterocycles. The highest BCUT2D eigenvalue weighted by Crippen LogP contribution is 2.41. The second kappa shape index (κ2) is 15.8. The first-order chi connectivity index (χ1) is 24.2. The first-order valence-corrected chi connectivity index (χ1v) is 16.6. The fraction of sp³-hybridized carbons (Fsp3) is 0.500. The first-order valence-electron chi connectivity index (χ1n) is 16.6. The molecule has 0 spiro atoms. The van der Waals surface area contributed by atoms with Gasteiger partial charge in [0.15, 0.2) is 0 Å². The van der Waals surface area contributed by atoms with Crippen molar-refractivity contribution in [2.24, 2.45) is 11.8 Å². The number of likely N-dealkylation sites (tertiary alicyclic amines) is 1. The second-order valence-corrected chi connectivity index (χ2v) is 13.7. The topological polar surface area (TPSA) is 105 Å². The number of alkyl halides is 7. The maximum atomic E-state index is 16.0. The number of nitrogens with one attached hydrogen (secondary N) is 1. The summed E-state index contributed by atoms with van der Waals surface area (Å²) >= 11 is 0. The Hall–Kier alpha value is -4.18. The lowest BCUT2D eigenvalue weighted by atomic mass is 9.86. The highest BCUT2D eigenvalue weighted by molar-refractivity contribution is 5.81. The molecule has 0 saturated carbocycles. The van der Waals surface area contributed by atoms with E-state index in [1.165, 1.54) is 4.90 Å². The van der Waals surface area contributed by atoms with Gasteiger partial charge < -0.3 is 15.2 Å². The summed E-state index contributed by atoms with van der Waals surface area (Å²) in [7, 11) is 0. The molecule has 2 aromatic carbocycles. The molecular formula is C36H40F8N4O4. The van der Waals surface area contributed by atoms with E-state index in [0.717, 1.165) is 11.6 Å². The minimum atomic E-state index is -5.24. The number of aryl methyl sites for hydroxylation is 3. The summed E-state index contributed by atoms with van der Waals surface area (Å²) in [6, 6.07) is 1.74. The maximum Gasteiger partial charge on any atom is 0.419 e. The smallest absolute Gasteiger partial charge is 0.396 e. The van der Waals surface area contributed by atoms with Crippen molar-refractivity contribution in [1.29, 1.82) is 0 Å². The minimum Gasteiger partial charge on any atom is -0.396 e. The van der Waals surface area contributed by atoms with Crippen LogP contribution >= 0.6 is 0 Å². The molecule has 0 bridgehead atoms. The molecule has 1 fully saturated rings. The van der Waals surface area contributed by atoms with Crippen LogP contribution in [0.25, 0.3) is 11.1 Å². The molecule has 16 heteroatoms. The second-order valence-electron chi connectivity index (χ2n) is 13.7. The first kappa shape index (κ1) is 40.6. The van der Waals surface area contributed by atoms with Crippen molar-refractivity contribution in [3.63, 3.8) is 0 Å². The van der Waals surface area contributed by atoms with Crippen LogP contribution in [0.15, 0.2) is 35.1 Å². The van der Waals surface area contributed by atoms with Gasteiger partial charge in [0.2, 0.25) is 5.91 Å². The molecule has 3 aromatic rings. The molecule has 1 aromatic heterocycles. The summed E-state index contributed by atoms with van der Waals surface area (Å²) in [5, 5.41) is 16.4. The van der Waals surface area contributed by atoms with Crippen molar-refractivity contribution in [2.75, 3.05) is 26.2 Å². The van der Waals surface area contributed by atoms with Gasteiger partial charge in [-0.05, 0) is 67.5 Å². The van der Waals surface area contributed by atoms with Crippen molar-refractivity contribution >= 4 is 12.2 Å². The molecule has 0 radical (unpaired) electrons. The third kappa shape index (κ3) is 9.06. The lowest BCUT2D eigenvalue weighted by Crippen LogP contribution is -2.49. The fourth-order valence-electron chi connectivity index (χ4n) is 6.63. The van der Waals surface area contributed by atoms with E-state index in [0.29, 0.717) is 27.4 Å². The van der Waals surface area contributed by atoms with Crippen molar-refractivity contribution in [3.8, 4) is 11.1 Å². The fourth-order valence-corrected chi connectivity index (χ4v) is 6.63. The molecule has 0 aliphatic carbocycles. The van der Waals surface area contributed by atoms with Crippen LogP contribution in [0, 0.1) is 38.4 Å². The molecule has 3 atom stereocenters. The van der Waals surface area contributed by atoms with Crippen LogP contribution in [-0.2, 0) is 28.4 Å². The van der Waals surface area contributed by atoms with Gasteiger partial charge in [-0.15, -0.1) is 0 Å². The third-order valence-corrected chi connectivity index (χ3v) is 9.03. The number of aliphatic hydroxyl groups is 1. The van der Waals surface area contributed by atoms with E-state index < -0.39 is 88.7 Å². The number of aldehydes is 1. The predicted molar refractivity (Wildman–Crippen MR) is 176 cm³/mol. The van der Waals surface area contributed by atoms with Gasteiger partial charge in [0, 0.05) is 37.7 Å². The number of hydrogen-bond donors (Lipinski definition) is 2. The Morgan fingerprint density at radius 2 is 1.60 bits per heavy atom. The molecule has 52 heavy (non-hydrogen) atoms. The number of amides is 1. The zero-order valence-electron chi connectivity index (χ0n) is 29.1. The van der Waals surface area contributed by atoms with Crippen molar-refractivity contribution in [3.05, 3.63) is 85.6 Å². The van der Waals surface area contributed by atoms with Gasteiger partial charge in [0.05, 0.1) is 35.4 Å². The largest absolute Gasteiger partial charge is 0.419 e. The quantitative estimate of drug-likeness (QED) is 0.154. The van der Waals surface area contributed by atoms with Gasteiger partial charge >= 0.3 is 12.4 Å². The lowest BCUT2D eigenvalue weighted by Gasteiger charge is -2.34. The number of hydrogen-bond acceptors (Lipinski definition) is 6. The number of carbonyl (C=O) groups excluding carboxylic acids is 2. The average molecular weight is 745 g/mol. The number of nitrogens with zero attached hydrogens (tertiary/aromatic N) is 3. The molecule has 4 rings (SSSR count). The zero-order chi connectivity index (χ0) is 38.9. The molecule has 1 aliphatic rings. The standard InChI is InChI=1S/C36H40F8N4O4/c1-18(2)8-29(48-30(51)13-26(35(39,40)41)28(46-48)6-7-47-14-24(37)15-47)34(52)45-33(23(16-49)17-50)25-11-22(12-27(32(25)38)36(42,43)44)31-20(4)9-19(3)10-21(31)5/h9-13,16,18,23-24,29,33,50H,6-8,14-15,17H2,1-5H3,(H,45,52)/t23?,29-,33-/m0/s1. The van der Waals surface area contributed by atoms with E-state index in [1.54, 1.807) is 46.8 Å². The number of rotatable bonds is 13. The normalized spacial score (nSPS) is 16.1. The highest BCUT2D eigenvalue weighted by Gasteiger charge is 2.41. The summed E-state index contributed by atoms with van der Waals surface area (Å²) in [5.41, 5.74) is -3.62. The SMILES string of the molecule is Cc1cc(C)c(-c2cc([C@@H](NC(=O)[C@H](CC(C)C)n3nc(CCN4CC(F)C4)c(C(F)(F)F)cc3=O)C(C=O)CO)c(F)c(C(F)(F)F)c2)c(C)c1. The molecule has 2 N–H and O–H groups in total. The van der Waals surface area contributed by atoms with Crippen LogP contribution in [0.3, 0.4) is 0 Å². The number of aromatic nitrogens is 2. The van der Waals surface area contributed by atoms with Crippen molar-refractivity contribution in [2.45, 2.75) is 78.1 Å². The maximum absolute atomic E-state index is 16.0. The van der Waals surface area contributed by atoms with Gasteiger partial charge in [0.1, 0.15) is 24.3 Å². The number of benzene rings is 2. The predicted octanol–water partition coefficient (Wildman–Crippen LogP) is 6.46. The van der Waals surface area contributed by atoms with Crippen LogP contribution in [0.5, 0.6) is 0 Å². The Balaban J connectivity index is 1.87. The van der Waals surface area contributed by atoms with Gasteiger partial charge in [-0.25, -0.2) is 13.5 Å². The highest BCUT2D eigenvalue weighted by atomic mass is 19.4. The summed E-state index contributed by atoms with van der Waals surface area (Å²) in [6.45, 7) is 7.24. The molecule has 2 heterocycles. The van der Waals surface area contributed by atoms with E-state index in [1.807, 2.05) is 0 Å². The minimum absolute atomic E-state index is 0.000375. The zero-order valence-corrected chi connectivity index (χ0v) is 29.1.